The van der Waals surface area contributed by atoms with Gasteiger partial charge in [0, 0.05) is 26.2 Å². The standard InChI is InChI=1S/C16H32N4O2S/c1-11(2)10-20-14(6)16(13(5)18-20)23(21,22)19(7)9-8-15(17)12(3)4/h11-12,15H,8-10,17H2,1-7H3. The zero-order valence-electron chi connectivity index (χ0n) is 15.5. The topological polar surface area (TPSA) is 81.2 Å². The number of aryl methyl sites for hydroxylation is 1. The van der Waals surface area contributed by atoms with Crippen LogP contribution in [0.4, 0.5) is 0 Å². The first kappa shape index (κ1) is 20.1. The van der Waals surface area contributed by atoms with Crippen LogP contribution in [0.25, 0.3) is 0 Å². The third-order valence-corrected chi connectivity index (χ3v) is 6.27. The summed E-state index contributed by atoms with van der Waals surface area (Å²) in [5, 5.41) is 4.41. The van der Waals surface area contributed by atoms with Crippen LogP contribution in [-0.2, 0) is 16.6 Å². The normalized spacial score (nSPS) is 14.2. The van der Waals surface area contributed by atoms with Crippen molar-refractivity contribution in [3.8, 4) is 0 Å². The average Bonchev–Trinajstić information content (AvgIpc) is 2.69. The minimum Gasteiger partial charge on any atom is -0.327 e. The number of hydrogen-bond acceptors (Lipinski definition) is 4. The number of rotatable bonds is 8. The van der Waals surface area contributed by atoms with Gasteiger partial charge in [-0.05, 0) is 32.1 Å². The van der Waals surface area contributed by atoms with Gasteiger partial charge in [-0.3, -0.25) is 4.68 Å². The van der Waals surface area contributed by atoms with Gasteiger partial charge in [0.05, 0.1) is 11.4 Å². The molecular weight excluding hydrogens is 312 g/mol. The lowest BCUT2D eigenvalue weighted by atomic mass is 10.0. The molecule has 0 amide bonds. The van der Waals surface area contributed by atoms with E-state index in [1.807, 2.05) is 20.8 Å². The van der Waals surface area contributed by atoms with E-state index in [-0.39, 0.29) is 6.04 Å². The molecule has 1 atom stereocenters. The number of sulfonamides is 1. The number of nitrogens with two attached hydrogens (primary N) is 1. The molecule has 0 aromatic carbocycles. The van der Waals surface area contributed by atoms with E-state index in [0.717, 1.165) is 0 Å². The molecule has 0 aliphatic rings. The Labute approximate surface area is 141 Å². The molecule has 0 fully saturated rings. The van der Waals surface area contributed by atoms with E-state index >= 15 is 0 Å². The minimum absolute atomic E-state index is 0.00138. The van der Waals surface area contributed by atoms with Gasteiger partial charge in [0.15, 0.2) is 0 Å². The largest absolute Gasteiger partial charge is 0.327 e. The van der Waals surface area contributed by atoms with Gasteiger partial charge in [0.2, 0.25) is 10.0 Å². The van der Waals surface area contributed by atoms with Crippen molar-refractivity contribution in [2.45, 2.75) is 65.4 Å². The van der Waals surface area contributed by atoms with Gasteiger partial charge < -0.3 is 5.73 Å². The lowest BCUT2D eigenvalue weighted by Crippen LogP contribution is -2.35. The fraction of sp³-hybridized carbons (Fsp3) is 0.812. The molecule has 0 saturated heterocycles. The van der Waals surface area contributed by atoms with E-state index in [2.05, 4.69) is 18.9 Å². The highest BCUT2D eigenvalue weighted by molar-refractivity contribution is 7.89. The predicted molar refractivity (Wildman–Crippen MR) is 93.8 cm³/mol. The van der Waals surface area contributed by atoms with Crippen molar-refractivity contribution in [3.63, 3.8) is 0 Å². The fourth-order valence-electron chi connectivity index (χ4n) is 2.52. The van der Waals surface area contributed by atoms with Crippen molar-refractivity contribution < 1.29 is 8.42 Å². The summed E-state index contributed by atoms with van der Waals surface area (Å²) >= 11 is 0. The van der Waals surface area contributed by atoms with Crippen molar-refractivity contribution in [1.82, 2.24) is 14.1 Å². The van der Waals surface area contributed by atoms with Crippen molar-refractivity contribution in [2.24, 2.45) is 17.6 Å². The van der Waals surface area contributed by atoms with Gasteiger partial charge in [-0.1, -0.05) is 27.7 Å². The van der Waals surface area contributed by atoms with Crippen LogP contribution < -0.4 is 5.73 Å². The quantitative estimate of drug-likeness (QED) is 0.783. The van der Waals surface area contributed by atoms with E-state index < -0.39 is 10.0 Å². The molecule has 0 spiro atoms. The Morgan fingerprint density at radius 3 is 2.26 bits per heavy atom. The molecular formula is C16H32N4O2S. The maximum atomic E-state index is 12.9. The van der Waals surface area contributed by atoms with Gasteiger partial charge in [-0.15, -0.1) is 0 Å². The molecule has 0 saturated carbocycles. The molecule has 7 heteroatoms. The molecule has 2 N–H and O–H groups in total. The summed E-state index contributed by atoms with van der Waals surface area (Å²) in [4.78, 5) is 0.332. The highest BCUT2D eigenvalue weighted by atomic mass is 32.2. The van der Waals surface area contributed by atoms with E-state index in [0.29, 0.717) is 47.6 Å². The second-order valence-electron chi connectivity index (χ2n) is 7.10. The summed E-state index contributed by atoms with van der Waals surface area (Å²) in [5.74, 6) is 0.744. The number of nitrogens with zero attached hydrogens (tertiary/aromatic N) is 3. The summed E-state index contributed by atoms with van der Waals surface area (Å²) in [5.41, 5.74) is 7.29. The zero-order valence-corrected chi connectivity index (χ0v) is 16.3. The van der Waals surface area contributed by atoms with Gasteiger partial charge in [-0.2, -0.15) is 5.10 Å². The molecule has 0 aliphatic carbocycles. The third-order valence-electron chi connectivity index (χ3n) is 4.16. The monoisotopic (exact) mass is 344 g/mol. The molecule has 1 rings (SSSR count). The van der Waals surface area contributed by atoms with E-state index in [9.17, 15) is 8.42 Å². The van der Waals surface area contributed by atoms with E-state index in [1.165, 1.54) is 4.31 Å². The van der Waals surface area contributed by atoms with Crippen LogP contribution in [0, 0.1) is 25.7 Å². The Hall–Kier alpha value is -0.920. The lowest BCUT2D eigenvalue weighted by molar-refractivity contribution is 0.397. The predicted octanol–water partition coefficient (Wildman–Crippen LogP) is 2.15. The second-order valence-corrected chi connectivity index (χ2v) is 9.08. The highest BCUT2D eigenvalue weighted by Gasteiger charge is 2.29. The maximum absolute atomic E-state index is 12.9. The van der Waals surface area contributed by atoms with Crippen LogP contribution in [0.15, 0.2) is 4.90 Å². The summed E-state index contributed by atoms with van der Waals surface area (Å²) < 4.78 is 29.0. The van der Waals surface area contributed by atoms with E-state index in [4.69, 9.17) is 5.73 Å². The third kappa shape index (κ3) is 4.78. The fourth-order valence-corrected chi connectivity index (χ4v) is 4.07. The Morgan fingerprint density at radius 1 is 1.22 bits per heavy atom. The number of aromatic nitrogens is 2. The minimum atomic E-state index is -3.54. The smallest absolute Gasteiger partial charge is 0.246 e. The maximum Gasteiger partial charge on any atom is 0.246 e. The summed E-state index contributed by atoms with van der Waals surface area (Å²) in [7, 11) is -1.93. The zero-order chi connectivity index (χ0) is 17.9. The first-order valence-electron chi connectivity index (χ1n) is 8.24. The van der Waals surface area contributed by atoms with E-state index in [1.54, 1.807) is 18.7 Å². The Morgan fingerprint density at radius 2 is 1.78 bits per heavy atom. The molecule has 0 aliphatic heterocycles. The Balaban J connectivity index is 3.02. The van der Waals surface area contributed by atoms with Crippen LogP contribution in [0.5, 0.6) is 0 Å². The first-order chi connectivity index (χ1) is 10.5. The molecule has 6 nitrogen and oxygen atoms in total. The molecule has 1 heterocycles. The molecule has 1 aromatic rings. The SMILES string of the molecule is Cc1nn(CC(C)C)c(C)c1S(=O)(=O)N(C)CCC(N)C(C)C. The Kier molecular flexibility index (Phi) is 6.80. The van der Waals surface area contributed by atoms with Gasteiger partial charge in [0.25, 0.3) is 0 Å². The molecule has 0 radical (unpaired) electrons. The number of hydrogen-bond donors (Lipinski definition) is 1. The molecule has 1 unspecified atom stereocenters. The van der Waals surface area contributed by atoms with Crippen LogP contribution >= 0.6 is 0 Å². The summed E-state index contributed by atoms with van der Waals surface area (Å²) in [6, 6.07) is -0.00138. The van der Waals surface area contributed by atoms with Crippen LogP contribution in [-0.4, -0.2) is 42.1 Å². The summed E-state index contributed by atoms with van der Waals surface area (Å²) in [6.07, 6.45) is 0.644. The van der Waals surface area contributed by atoms with Gasteiger partial charge >= 0.3 is 0 Å². The lowest BCUT2D eigenvalue weighted by Gasteiger charge is -2.21. The molecule has 23 heavy (non-hydrogen) atoms. The van der Waals surface area contributed by atoms with Crippen LogP contribution in [0.1, 0.15) is 45.5 Å². The average molecular weight is 345 g/mol. The Bertz CT molecular complexity index is 620. The van der Waals surface area contributed by atoms with Crippen molar-refractivity contribution in [2.75, 3.05) is 13.6 Å². The van der Waals surface area contributed by atoms with Crippen molar-refractivity contribution in [1.29, 1.82) is 0 Å². The molecule has 1 aromatic heterocycles. The van der Waals surface area contributed by atoms with Gasteiger partial charge in [0.1, 0.15) is 4.90 Å². The summed E-state index contributed by atoms with van der Waals surface area (Å²) in [6.45, 7) is 13.0. The first-order valence-corrected chi connectivity index (χ1v) is 9.68. The molecule has 0 bridgehead atoms. The second kappa shape index (κ2) is 7.77. The van der Waals surface area contributed by atoms with Gasteiger partial charge in [-0.25, -0.2) is 12.7 Å². The van der Waals surface area contributed by atoms with Crippen molar-refractivity contribution >= 4 is 10.0 Å². The van der Waals surface area contributed by atoms with Crippen LogP contribution in [0.3, 0.4) is 0 Å². The molecule has 134 valence electrons. The highest BCUT2D eigenvalue weighted by Crippen LogP contribution is 2.23. The van der Waals surface area contributed by atoms with Crippen molar-refractivity contribution in [3.05, 3.63) is 11.4 Å². The van der Waals surface area contributed by atoms with Crippen LogP contribution in [0.2, 0.25) is 0 Å².